The summed E-state index contributed by atoms with van der Waals surface area (Å²) < 4.78 is 2.04. The molecular weight excluding hydrogens is 174 g/mol. The lowest BCUT2D eigenvalue weighted by Crippen LogP contribution is -2.21. The number of nitrogens with zero attached hydrogens (tertiary/aromatic N) is 2. The molecule has 3 heteroatoms. The van der Waals surface area contributed by atoms with E-state index < -0.39 is 0 Å². The van der Waals surface area contributed by atoms with Crippen LogP contribution in [-0.4, -0.2) is 15.8 Å². The zero-order valence-electron chi connectivity index (χ0n) is 8.61. The number of rotatable bonds is 2. The molecule has 1 aromatic rings. The highest BCUT2D eigenvalue weighted by Crippen LogP contribution is 2.25. The van der Waals surface area contributed by atoms with Gasteiger partial charge in [-0.05, 0) is 37.8 Å². The van der Waals surface area contributed by atoms with Crippen molar-refractivity contribution in [2.75, 3.05) is 0 Å². The van der Waals surface area contributed by atoms with Crippen LogP contribution in [0.2, 0.25) is 0 Å². The fourth-order valence-electron chi connectivity index (χ4n) is 1.94. The molecule has 0 aliphatic heterocycles. The van der Waals surface area contributed by atoms with Crippen LogP contribution in [0.5, 0.6) is 0 Å². The lowest BCUT2D eigenvalue weighted by molar-refractivity contribution is 0.602. The molecule has 14 heavy (non-hydrogen) atoms. The second-order valence-corrected chi connectivity index (χ2v) is 3.80. The Balaban J connectivity index is 2.23. The Morgan fingerprint density at radius 2 is 2.50 bits per heavy atom. The average Bonchev–Trinajstić information content (AvgIpc) is 2.67. The molecule has 0 radical (unpaired) electrons. The number of allylic oxidation sites excluding steroid dienone is 1. The number of aryl methyl sites for hydroxylation is 1. The molecule has 1 heterocycles. The van der Waals surface area contributed by atoms with Crippen LogP contribution in [0.15, 0.2) is 18.3 Å². The maximum Gasteiger partial charge on any atom is 0.0638 e. The van der Waals surface area contributed by atoms with Crippen molar-refractivity contribution in [2.24, 2.45) is 5.73 Å². The van der Waals surface area contributed by atoms with Crippen molar-refractivity contribution in [1.82, 2.24) is 9.78 Å². The van der Waals surface area contributed by atoms with E-state index >= 15 is 0 Å². The molecule has 1 unspecified atom stereocenters. The molecule has 0 bridgehead atoms. The van der Waals surface area contributed by atoms with Gasteiger partial charge >= 0.3 is 0 Å². The van der Waals surface area contributed by atoms with Gasteiger partial charge in [0.15, 0.2) is 0 Å². The van der Waals surface area contributed by atoms with Crippen LogP contribution in [0.1, 0.15) is 31.9 Å². The summed E-state index contributed by atoms with van der Waals surface area (Å²) in [6.45, 7) is 3.05. The van der Waals surface area contributed by atoms with Gasteiger partial charge in [0.05, 0.1) is 5.69 Å². The van der Waals surface area contributed by atoms with Gasteiger partial charge in [-0.25, -0.2) is 0 Å². The Morgan fingerprint density at radius 1 is 1.64 bits per heavy atom. The quantitative estimate of drug-likeness (QED) is 0.774. The largest absolute Gasteiger partial charge is 0.327 e. The fourth-order valence-corrected chi connectivity index (χ4v) is 1.94. The number of hydrogen-bond donors (Lipinski definition) is 1. The lowest BCUT2D eigenvalue weighted by atomic mass is 9.94. The van der Waals surface area contributed by atoms with Crippen LogP contribution in [0.4, 0.5) is 0 Å². The van der Waals surface area contributed by atoms with E-state index in [1.54, 1.807) is 0 Å². The van der Waals surface area contributed by atoms with Gasteiger partial charge in [-0.2, -0.15) is 5.10 Å². The third kappa shape index (κ3) is 1.73. The van der Waals surface area contributed by atoms with E-state index in [1.165, 1.54) is 11.3 Å². The Morgan fingerprint density at radius 3 is 3.14 bits per heavy atom. The average molecular weight is 191 g/mol. The highest BCUT2D eigenvalue weighted by Gasteiger charge is 2.14. The van der Waals surface area contributed by atoms with Gasteiger partial charge in [0.1, 0.15) is 0 Å². The monoisotopic (exact) mass is 191 g/mol. The summed E-state index contributed by atoms with van der Waals surface area (Å²) in [5, 5.41) is 4.27. The first-order valence-electron chi connectivity index (χ1n) is 5.28. The molecule has 0 fully saturated rings. The molecule has 1 aromatic heterocycles. The SMILES string of the molecule is CCn1nccc1C1=CCC(N)CC1. The molecule has 0 amide bonds. The van der Waals surface area contributed by atoms with Crippen molar-refractivity contribution < 1.29 is 0 Å². The predicted molar refractivity (Wildman–Crippen MR) is 57.7 cm³/mol. The van der Waals surface area contributed by atoms with Gasteiger partial charge in [0.2, 0.25) is 0 Å². The van der Waals surface area contributed by atoms with Gasteiger partial charge < -0.3 is 5.73 Å². The van der Waals surface area contributed by atoms with Crippen LogP contribution >= 0.6 is 0 Å². The van der Waals surface area contributed by atoms with Crippen LogP contribution in [0.3, 0.4) is 0 Å². The highest BCUT2D eigenvalue weighted by atomic mass is 15.3. The minimum Gasteiger partial charge on any atom is -0.327 e. The molecule has 0 saturated carbocycles. The Kier molecular flexibility index (Phi) is 2.68. The minimum absolute atomic E-state index is 0.358. The van der Waals surface area contributed by atoms with E-state index in [0.29, 0.717) is 6.04 Å². The molecule has 3 nitrogen and oxygen atoms in total. The first-order valence-corrected chi connectivity index (χ1v) is 5.28. The molecular formula is C11H17N3. The van der Waals surface area contributed by atoms with Gasteiger partial charge in [-0.15, -0.1) is 0 Å². The van der Waals surface area contributed by atoms with Crippen LogP contribution in [0, 0.1) is 0 Å². The normalized spacial score (nSPS) is 22.1. The van der Waals surface area contributed by atoms with E-state index in [4.69, 9.17) is 5.73 Å². The fraction of sp³-hybridized carbons (Fsp3) is 0.545. The molecule has 0 aromatic carbocycles. The summed E-state index contributed by atoms with van der Waals surface area (Å²) in [6, 6.07) is 2.45. The Hall–Kier alpha value is -1.09. The maximum atomic E-state index is 5.85. The van der Waals surface area contributed by atoms with Crippen molar-refractivity contribution in [1.29, 1.82) is 0 Å². The highest BCUT2D eigenvalue weighted by molar-refractivity contribution is 5.63. The molecule has 76 valence electrons. The molecule has 1 aliphatic carbocycles. The predicted octanol–water partition coefficient (Wildman–Crippen LogP) is 1.80. The summed E-state index contributed by atoms with van der Waals surface area (Å²) in [5.41, 5.74) is 8.53. The number of aromatic nitrogens is 2. The summed E-state index contributed by atoms with van der Waals surface area (Å²) in [5.74, 6) is 0. The third-order valence-electron chi connectivity index (χ3n) is 2.80. The number of nitrogens with two attached hydrogens (primary N) is 1. The Bertz CT molecular complexity index is 338. The lowest BCUT2D eigenvalue weighted by Gasteiger charge is -2.18. The molecule has 2 N–H and O–H groups in total. The van der Waals surface area contributed by atoms with Gasteiger partial charge in [0.25, 0.3) is 0 Å². The molecule has 0 saturated heterocycles. The van der Waals surface area contributed by atoms with Crippen molar-refractivity contribution in [3.63, 3.8) is 0 Å². The second kappa shape index (κ2) is 3.96. The van der Waals surface area contributed by atoms with E-state index in [2.05, 4.69) is 24.2 Å². The van der Waals surface area contributed by atoms with Crippen molar-refractivity contribution in [3.8, 4) is 0 Å². The van der Waals surface area contributed by atoms with Crippen molar-refractivity contribution in [3.05, 3.63) is 24.0 Å². The maximum absolute atomic E-state index is 5.85. The topological polar surface area (TPSA) is 43.8 Å². The second-order valence-electron chi connectivity index (χ2n) is 3.80. The Labute approximate surface area is 84.6 Å². The number of hydrogen-bond acceptors (Lipinski definition) is 2. The van der Waals surface area contributed by atoms with E-state index in [-0.39, 0.29) is 0 Å². The van der Waals surface area contributed by atoms with Crippen molar-refractivity contribution >= 4 is 5.57 Å². The van der Waals surface area contributed by atoms with Gasteiger partial charge in [-0.3, -0.25) is 4.68 Å². The van der Waals surface area contributed by atoms with Crippen molar-refractivity contribution in [2.45, 2.75) is 38.8 Å². The standard InChI is InChI=1S/C11H17N3/c1-2-14-11(7-8-13-14)9-3-5-10(12)6-4-9/h3,7-8,10H,2,4-6,12H2,1H3. The zero-order chi connectivity index (χ0) is 9.97. The van der Waals surface area contributed by atoms with Crippen LogP contribution in [0.25, 0.3) is 5.57 Å². The van der Waals surface area contributed by atoms with Crippen LogP contribution in [-0.2, 0) is 6.54 Å². The third-order valence-corrected chi connectivity index (χ3v) is 2.80. The molecule has 1 aliphatic rings. The summed E-state index contributed by atoms with van der Waals surface area (Å²) in [6.07, 6.45) is 7.32. The molecule has 0 spiro atoms. The molecule has 1 atom stereocenters. The zero-order valence-corrected chi connectivity index (χ0v) is 8.61. The first kappa shape index (κ1) is 9.46. The van der Waals surface area contributed by atoms with Gasteiger partial charge in [-0.1, -0.05) is 6.08 Å². The van der Waals surface area contributed by atoms with E-state index in [0.717, 1.165) is 25.8 Å². The minimum atomic E-state index is 0.358. The smallest absolute Gasteiger partial charge is 0.0638 e. The van der Waals surface area contributed by atoms with Crippen LogP contribution < -0.4 is 5.73 Å². The van der Waals surface area contributed by atoms with E-state index in [9.17, 15) is 0 Å². The van der Waals surface area contributed by atoms with E-state index in [1.807, 2.05) is 10.9 Å². The molecule has 2 rings (SSSR count). The van der Waals surface area contributed by atoms with Gasteiger partial charge in [0, 0.05) is 18.8 Å². The summed E-state index contributed by atoms with van der Waals surface area (Å²) in [7, 11) is 0. The summed E-state index contributed by atoms with van der Waals surface area (Å²) in [4.78, 5) is 0. The summed E-state index contributed by atoms with van der Waals surface area (Å²) >= 11 is 0. The first-order chi connectivity index (χ1) is 6.81.